The molecule has 1 fully saturated rings. The summed E-state index contributed by atoms with van der Waals surface area (Å²) in [5, 5.41) is 6.40. The molecule has 38 heavy (non-hydrogen) atoms. The molecule has 1 aliphatic rings. The summed E-state index contributed by atoms with van der Waals surface area (Å²) in [5.74, 6) is 0.881. The highest BCUT2D eigenvalue weighted by Crippen LogP contribution is 2.31. The monoisotopic (exact) mass is 536 g/mol. The van der Waals surface area contributed by atoms with Crippen LogP contribution in [0.2, 0.25) is 5.02 Å². The van der Waals surface area contributed by atoms with Crippen LogP contribution in [0, 0.1) is 0 Å². The number of anilines is 3. The molecule has 200 valence electrons. The third kappa shape index (κ3) is 6.89. The lowest BCUT2D eigenvalue weighted by Gasteiger charge is -2.38. The molecule has 8 nitrogen and oxygen atoms in total. The van der Waals surface area contributed by atoms with Gasteiger partial charge in [0.1, 0.15) is 11.5 Å². The van der Waals surface area contributed by atoms with Gasteiger partial charge in [0, 0.05) is 48.6 Å². The number of para-hydroxylation sites is 2. The lowest BCUT2D eigenvalue weighted by atomic mass is 10.1. The lowest BCUT2D eigenvalue weighted by Crippen LogP contribution is -2.47. The predicted octanol–water partition coefficient (Wildman–Crippen LogP) is 4.83. The molecule has 0 atom stereocenters. The summed E-state index contributed by atoms with van der Waals surface area (Å²) in [5.41, 5.74) is 2.94. The Bertz CT molecular complexity index is 1260. The molecule has 0 radical (unpaired) electrons. The molecule has 0 spiro atoms. The van der Waals surface area contributed by atoms with Crippen LogP contribution < -0.4 is 29.9 Å². The number of ether oxygens (including phenoxy) is 2. The molecule has 1 aliphatic heterocycles. The van der Waals surface area contributed by atoms with Crippen molar-refractivity contribution in [1.82, 2.24) is 5.32 Å². The Balaban J connectivity index is 1.46. The Hall–Kier alpha value is -3.91. The Morgan fingerprint density at radius 3 is 2.24 bits per heavy atom. The van der Waals surface area contributed by atoms with Crippen LogP contribution in [0.5, 0.6) is 11.5 Å². The van der Waals surface area contributed by atoms with Crippen molar-refractivity contribution in [2.75, 3.05) is 55.0 Å². The summed E-state index contributed by atoms with van der Waals surface area (Å²) in [6.45, 7) is 6.72. The second-order valence-corrected chi connectivity index (χ2v) is 9.73. The SMILES string of the molecule is COc1ccccc1N1CCN(c2ccc(NC(=O)COc3ccc(Cl)cc3)cc2C(=O)NC(C)C)CC1. The fourth-order valence-corrected chi connectivity index (χ4v) is 4.49. The molecule has 4 rings (SSSR count). The van der Waals surface area contributed by atoms with E-state index in [1.54, 1.807) is 37.4 Å². The number of amides is 2. The molecule has 1 saturated heterocycles. The van der Waals surface area contributed by atoms with Gasteiger partial charge in [-0.1, -0.05) is 23.7 Å². The smallest absolute Gasteiger partial charge is 0.262 e. The van der Waals surface area contributed by atoms with Crippen LogP contribution in [0.3, 0.4) is 0 Å². The zero-order valence-corrected chi connectivity index (χ0v) is 22.6. The van der Waals surface area contributed by atoms with Gasteiger partial charge >= 0.3 is 0 Å². The van der Waals surface area contributed by atoms with E-state index < -0.39 is 0 Å². The summed E-state index contributed by atoms with van der Waals surface area (Å²) in [7, 11) is 1.68. The van der Waals surface area contributed by atoms with Gasteiger partial charge in [-0.05, 0) is 68.4 Å². The number of hydrogen-bond acceptors (Lipinski definition) is 6. The first-order valence-corrected chi connectivity index (χ1v) is 13.0. The highest BCUT2D eigenvalue weighted by Gasteiger charge is 2.24. The second-order valence-electron chi connectivity index (χ2n) is 9.30. The Labute approximate surface area is 228 Å². The number of piperazine rings is 1. The highest BCUT2D eigenvalue weighted by molar-refractivity contribution is 6.30. The number of nitrogens with one attached hydrogen (secondary N) is 2. The molecule has 0 aliphatic carbocycles. The number of rotatable bonds is 9. The summed E-state index contributed by atoms with van der Waals surface area (Å²) in [4.78, 5) is 30.2. The van der Waals surface area contributed by atoms with Gasteiger partial charge in [0.15, 0.2) is 6.61 Å². The van der Waals surface area contributed by atoms with Crippen LogP contribution in [0.15, 0.2) is 66.7 Å². The van der Waals surface area contributed by atoms with Gasteiger partial charge in [-0.3, -0.25) is 9.59 Å². The summed E-state index contributed by atoms with van der Waals surface area (Å²) < 4.78 is 11.1. The van der Waals surface area contributed by atoms with Crippen molar-refractivity contribution in [2.24, 2.45) is 0 Å². The van der Waals surface area contributed by atoms with Gasteiger partial charge in [-0.25, -0.2) is 0 Å². The lowest BCUT2D eigenvalue weighted by molar-refractivity contribution is -0.118. The second kappa shape index (κ2) is 12.6. The van der Waals surface area contributed by atoms with E-state index in [0.29, 0.717) is 22.0 Å². The van der Waals surface area contributed by atoms with Crippen molar-refractivity contribution >= 4 is 40.5 Å². The zero-order valence-electron chi connectivity index (χ0n) is 21.9. The summed E-state index contributed by atoms with van der Waals surface area (Å²) in [6, 6.07) is 20.2. The van der Waals surface area contributed by atoms with E-state index in [-0.39, 0.29) is 24.5 Å². The summed E-state index contributed by atoms with van der Waals surface area (Å²) >= 11 is 5.89. The van der Waals surface area contributed by atoms with Crippen molar-refractivity contribution in [1.29, 1.82) is 0 Å². The third-order valence-corrected chi connectivity index (χ3v) is 6.43. The van der Waals surface area contributed by atoms with E-state index in [4.69, 9.17) is 21.1 Å². The molecular weight excluding hydrogens is 504 g/mol. The summed E-state index contributed by atoms with van der Waals surface area (Å²) in [6.07, 6.45) is 0. The van der Waals surface area contributed by atoms with Crippen LogP contribution in [0.1, 0.15) is 24.2 Å². The van der Waals surface area contributed by atoms with Gasteiger partial charge in [-0.15, -0.1) is 0 Å². The molecule has 3 aromatic carbocycles. The molecular formula is C29H33ClN4O4. The number of carbonyl (C=O) groups is 2. The van der Waals surface area contributed by atoms with Gasteiger partial charge in [-0.2, -0.15) is 0 Å². The fraction of sp³-hybridized carbons (Fsp3) is 0.310. The Morgan fingerprint density at radius 1 is 0.921 bits per heavy atom. The minimum atomic E-state index is -0.326. The minimum Gasteiger partial charge on any atom is -0.495 e. The van der Waals surface area contributed by atoms with E-state index in [1.807, 2.05) is 44.2 Å². The van der Waals surface area contributed by atoms with E-state index in [0.717, 1.165) is 43.3 Å². The quantitative estimate of drug-likeness (QED) is 0.407. The number of halogens is 1. The normalized spacial score (nSPS) is 13.3. The van der Waals surface area contributed by atoms with Crippen LogP contribution in [0.4, 0.5) is 17.1 Å². The van der Waals surface area contributed by atoms with Crippen molar-refractivity contribution in [2.45, 2.75) is 19.9 Å². The average Bonchev–Trinajstić information content (AvgIpc) is 2.92. The maximum Gasteiger partial charge on any atom is 0.262 e. The number of nitrogens with zero attached hydrogens (tertiary/aromatic N) is 2. The largest absolute Gasteiger partial charge is 0.495 e. The van der Waals surface area contributed by atoms with Crippen molar-refractivity contribution < 1.29 is 19.1 Å². The van der Waals surface area contributed by atoms with Crippen molar-refractivity contribution in [3.63, 3.8) is 0 Å². The average molecular weight is 537 g/mol. The van der Waals surface area contributed by atoms with Gasteiger partial charge in [0.2, 0.25) is 0 Å². The zero-order chi connectivity index (χ0) is 27.1. The first-order valence-electron chi connectivity index (χ1n) is 12.6. The Kier molecular flexibility index (Phi) is 8.97. The van der Waals surface area contributed by atoms with E-state index in [1.165, 1.54) is 0 Å². The molecule has 3 aromatic rings. The van der Waals surface area contributed by atoms with Crippen molar-refractivity contribution in [3.05, 3.63) is 77.3 Å². The van der Waals surface area contributed by atoms with Crippen LogP contribution in [0.25, 0.3) is 0 Å². The van der Waals surface area contributed by atoms with Crippen LogP contribution >= 0.6 is 11.6 Å². The maximum absolute atomic E-state index is 13.2. The predicted molar refractivity (Wildman–Crippen MR) is 152 cm³/mol. The molecule has 9 heteroatoms. The van der Waals surface area contributed by atoms with E-state index in [2.05, 4.69) is 26.5 Å². The number of benzene rings is 3. The molecule has 0 bridgehead atoms. The van der Waals surface area contributed by atoms with Crippen molar-refractivity contribution in [3.8, 4) is 11.5 Å². The molecule has 1 heterocycles. The molecule has 0 saturated carbocycles. The van der Waals surface area contributed by atoms with Gasteiger partial charge in [0.25, 0.3) is 11.8 Å². The first kappa shape index (κ1) is 27.1. The van der Waals surface area contributed by atoms with Gasteiger partial charge < -0.3 is 29.9 Å². The maximum atomic E-state index is 13.2. The fourth-order valence-electron chi connectivity index (χ4n) is 4.37. The number of carbonyl (C=O) groups excluding carboxylic acids is 2. The number of methoxy groups -OCH3 is 1. The Morgan fingerprint density at radius 2 is 1.58 bits per heavy atom. The first-order chi connectivity index (χ1) is 18.3. The number of hydrogen-bond donors (Lipinski definition) is 2. The van der Waals surface area contributed by atoms with E-state index in [9.17, 15) is 9.59 Å². The molecule has 0 unspecified atom stereocenters. The third-order valence-electron chi connectivity index (χ3n) is 6.17. The standard InChI is InChI=1S/C29H33ClN4O4/c1-20(2)31-29(36)24-18-22(32-28(35)19-38-23-11-8-21(30)9-12-23)10-13-25(24)33-14-16-34(17-15-33)26-6-4-5-7-27(26)37-3/h4-13,18,20H,14-17,19H2,1-3H3,(H,31,36)(H,32,35). The van der Waals surface area contributed by atoms with E-state index >= 15 is 0 Å². The minimum absolute atomic E-state index is 0.0243. The molecule has 2 amide bonds. The van der Waals surface area contributed by atoms with Gasteiger partial charge in [0.05, 0.1) is 18.4 Å². The topological polar surface area (TPSA) is 83.1 Å². The molecule has 2 N–H and O–H groups in total. The highest BCUT2D eigenvalue weighted by atomic mass is 35.5. The molecule has 0 aromatic heterocycles. The van der Waals surface area contributed by atoms with Crippen LogP contribution in [-0.4, -0.2) is 57.8 Å². The van der Waals surface area contributed by atoms with Crippen LogP contribution in [-0.2, 0) is 4.79 Å².